The number of hydrogen-bond donors (Lipinski definition) is 2. The number of ether oxygens (including phenoxy) is 1. The molecule has 2 rings (SSSR count). The predicted octanol–water partition coefficient (Wildman–Crippen LogP) is 2.46. The van der Waals surface area contributed by atoms with Crippen molar-refractivity contribution in [2.45, 2.75) is 11.8 Å². The summed E-state index contributed by atoms with van der Waals surface area (Å²) in [6.07, 6.45) is 0. The van der Waals surface area contributed by atoms with Crippen molar-refractivity contribution < 1.29 is 17.9 Å². The Hall–Kier alpha value is -2.49. The van der Waals surface area contributed by atoms with Crippen molar-refractivity contribution in [3.05, 3.63) is 54.1 Å². The second-order valence-corrected chi connectivity index (χ2v) is 8.24. The highest BCUT2D eigenvalue weighted by atomic mass is 32.2. The molecule has 0 spiro atoms. The van der Waals surface area contributed by atoms with Gasteiger partial charge in [0.25, 0.3) is 5.91 Å². The molecule has 2 aromatic carbocycles. The summed E-state index contributed by atoms with van der Waals surface area (Å²) in [5, 5.41) is 5.53. The highest BCUT2D eigenvalue weighted by Gasteiger charge is 2.16. The molecule has 2 aromatic rings. The van der Waals surface area contributed by atoms with E-state index >= 15 is 0 Å². The maximum atomic E-state index is 12.2. The number of nitrogens with zero attached hydrogens (tertiary/aromatic N) is 1. The molecule has 0 aromatic heterocycles. The van der Waals surface area contributed by atoms with Crippen molar-refractivity contribution >= 4 is 38.9 Å². The average Bonchev–Trinajstić information content (AvgIpc) is 2.62. The molecule has 0 saturated heterocycles. The summed E-state index contributed by atoms with van der Waals surface area (Å²) in [5.74, 6) is 0.324. The van der Waals surface area contributed by atoms with E-state index in [0.717, 1.165) is 4.31 Å². The first-order chi connectivity index (χ1) is 12.7. The van der Waals surface area contributed by atoms with E-state index in [1.165, 1.54) is 26.2 Å². The number of hydrogen-bond acceptors (Lipinski definition) is 5. The largest absolute Gasteiger partial charge is 0.494 e. The van der Waals surface area contributed by atoms with E-state index in [4.69, 9.17) is 17.0 Å². The summed E-state index contributed by atoms with van der Waals surface area (Å²) >= 11 is 5.13. The molecule has 0 saturated carbocycles. The molecule has 0 unspecified atom stereocenters. The van der Waals surface area contributed by atoms with E-state index in [9.17, 15) is 13.2 Å². The van der Waals surface area contributed by atoms with Crippen LogP contribution in [0, 0.1) is 0 Å². The van der Waals surface area contributed by atoms with Crippen molar-refractivity contribution in [2.24, 2.45) is 0 Å². The first kappa shape index (κ1) is 20.8. The van der Waals surface area contributed by atoms with Crippen LogP contribution in [0.1, 0.15) is 17.3 Å². The maximum absolute atomic E-state index is 12.2. The van der Waals surface area contributed by atoms with E-state index < -0.39 is 10.0 Å². The van der Waals surface area contributed by atoms with E-state index in [2.05, 4.69) is 10.6 Å². The standard InChI is InChI=1S/C18H21N3O4S2/c1-4-25-15-9-5-13(6-10-15)17(22)20-18(26)19-14-7-11-16(12-8-14)27(23,24)21(2)3/h5-12H,4H2,1-3H3,(H2,19,20,22,26). The lowest BCUT2D eigenvalue weighted by Crippen LogP contribution is -2.34. The first-order valence-electron chi connectivity index (χ1n) is 8.12. The fourth-order valence-corrected chi connectivity index (χ4v) is 3.24. The van der Waals surface area contributed by atoms with Crippen molar-refractivity contribution in [2.75, 3.05) is 26.0 Å². The number of thiocarbonyl (C=S) groups is 1. The normalized spacial score (nSPS) is 11.1. The number of carbonyl (C=O) groups is 1. The molecular formula is C18H21N3O4S2. The van der Waals surface area contributed by atoms with Gasteiger partial charge in [-0.1, -0.05) is 0 Å². The van der Waals surface area contributed by atoms with E-state index in [-0.39, 0.29) is 15.9 Å². The van der Waals surface area contributed by atoms with Crippen LogP contribution in [0.2, 0.25) is 0 Å². The predicted molar refractivity (Wildman–Crippen MR) is 109 cm³/mol. The van der Waals surface area contributed by atoms with Crippen LogP contribution in [-0.2, 0) is 10.0 Å². The topological polar surface area (TPSA) is 87.7 Å². The van der Waals surface area contributed by atoms with Gasteiger partial charge in [-0.15, -0.1) is 0 Å². The Morgan fingerprint density at radius 1 is 1.07 bits per heavy atom. The van der Waals surface area contributed by atoms with Gasteiger partial charge in [-0.25, -0.2) is 12.7 Å². The summed E-state index contributed by atoms with van der Waals surface area (Å²) in [5.41, 5.74) is 1.000. The molecule has 0 heterocycles. The van der Waals surface area contributed by atoms with Gasteiger partial charge in [-0.05, 0) is 67.7 Å². The third kappa shape index (κ3) is 5.49. The van der Waals surface area contributed by atoms with Crippen LogP contribution < -0.4 is 15.4 Å². The number of rotatable bonds is 6. The van der Waals surface area contributed by atoms with Crippen LogP contribution in [0.4, 0.5) is 5.69 Å². The molecule has 2 N–H and O–H groups in total. The lowest BCUT2D eigenvalue weighted by molar-refractivity contribution is 0.0977. The first-order valence-corrected chi connectivity index (χ1v) is 9.96. The van der Waals surface area contributed by atoms with Crippen LogP contribution in [-0.4, -0.2) is 44.4 Å². The molecule has 7 nitrogen and oxygen atoms in total. The molecule has 0 atom stereocenters. The summed E-state index contributed by atoms with van der Waals surface area (Å²) in [6, 6.07) is 12.8. The molecule has 144 valence electrons. The fourth-order valence-electron chi connectivity index (χ4n) is 2.13. The van der Waals surface area contributed by atoms with Crippen LogP contribution >= 0.6 is 12.2 Å². The third-order valence-corrected chi connectivity index (χ3v) is 5.58. The second kappa shape index (κ2) is 8.94. The number of carbonyl (C=O) groups excluding carboxylic acids is 1. The van der Waals surface area contributed by atoms with Crippen LogP contribution in [0.15, 0.2) is 53.4 Å². The highest BCUT2D eigenvalue weighted by molar-refractivity contribution is 7.89. The van der Waals surface area contributed by atoms with Gasteiger partial charge in [0.05, 0.1) is 11.5 Å². The fraction of sp³-hybridized carbons (Fsp3) is 0.222. The zero-order chi connectivity index (χ0) is 20.0. The van der Waals surface area contributed by atoms with Gasteiger partial charge in [-0.2, -0.15) is 0 Å². The maximum Gasteiger partial charge on any atom is 0.257 e. The summed E-state index contributed by atoms with van der Waals surface area (Å²) < 4.78 is 30.6. The van der Waals surface area contributed by atoms with Gasteiger partial charge in [0, 0.05) is 25.3 Å². The number of anilines is 1. The number of sulfonamides is 1. The van der Waals surface area contributed by atoms with Crippen molar-refractivity contribution in [1.82, 2.24) is 9.62 Å². The minimum Gasteiger partial charge on any atom is -0.494 e. The van der Waals surface area contributed by atoms with Gasteiger partial charge < -0.3 is 10.1 Å². The molecule has 0 bridgehead atoms. The monoisotopic (exact) mass is 407 g/mol. The highest BCUT2D eigenvalue weighted by Crippen LogP contribution is 2.17. The molecule has 0 aliphatic carbocycles. The molecule has 9 heteroatoms. The van der Waals surface area contributed by atoms with Crippen LogP contribution in [0.3, 0.4) is 0 Å². The van der Waals surface area contributed by atoms with Crippen molar-refractivity contribution in [3.8, 4) is 5.75 Å². The average molecular weight is 408 g/mol. The Labute approximate surface area is 164 Å². The number of amides is 1. The number of nitrogens with one attached hydrogen (secondary N) is 2. The second-order valence-electron chi connectivity index (χ2n) is 5.68. The minimum atomic E-state index is -3.49. The zero-order valence-electron chi connectivity index (χ0n) is 15.2. The van der Waals surface area contributed by atoms with Crippen LogP contribution in [0.5, 0.6) is 5.75 Å². The molecule has 1 amide bonds. The molecule has 0 radical (unpaired) electrons. The Bertz CT molecular complexity index is 909. The third-order valence-electron chi connectivity index (χ3n) is 3.55. The van der Waals surface area contributed by atoms with Crippen LogP contribution in [0.25, 0.3) is 0 Å². The minimum absolute atomic E-state index is 0.108. The number of benzene rings is 2. The smallest absolute Gasteiger partial charge is 0.257 e. The summed E-state index contributed by atoms with van der Waals surface area (Å²) in [6.45, 7) is 2.43. The van der Waals surface area contributed by atoms with Crippen molar-refractivity contribution in [1.29, 1.82) is 0 Å². The lowest BCUT2D eigenvalue weighted by atomic mass is 10.2. The Balaban J connectivity index is 1.98. The molecule has 0 fully saturated rings. The zero-order valence-corrected chi connectivity index (χ0v) is 16.9. The summed E-state index contributed by atoms with van der Waals surface area (Å²) in [7, 11) is -0.562. The van der Waals surface area contributed by atoms with Gasteiger partial charge in [0.1, 0.15) is 5.75 Å². The van der Waals surface area contributed by atoms with E-state index in [1.807, 2.05) is 6.92 Å². The van der Waals surface area contributed by atoms with E-state index in [1.54, 1.807) is 36.4 Å². The van der Waals surface area contributed by atoms with Gasteiger partial charge in [0.2, 0.25) is 10.0 Å². The molecule has 0 aliphatic rings. The molecule has 27 heavy (non-hydrogen) atoms. The Morgan fingerprint density at radius 2 is 1.67 bits per heavy atom. The lowest BCUT2D eigenvalue weighted by Gasteiger charge is -2.13. The molecular weight excluding hydrogens is 386 g/mol. The Kier molecular flexibility index (Phi) is 6.89. The summed E-state index contributed by atoms with van der Waals surface area (Å²) in [4.78, 5) is 12.4. The quantitative estimate of drug-likeness (QED) is 0.716. The van der Waals surface area contributed by atoms with Gasteiger partial charge >= 0.3 is 0 Å². The van der Waals surface area contributed by atoms with E-state index in [0.29, 0.717) is 23.6 Å². The molecule has 0 aliphatic heterocycles. The van der Waals surface area contributed by atoms with Gasteiger partial charge in [0.15, 0.2) is 5.11 Å². The Morgan fingerprint density at radius 3 is 2.19 bits per heavy atom. The van der Waals surface area contributed by atoms with Crippen molar-refractivity contribution in [3.63, 3.8) is 0 Å². The van der Waals surface area contributed by atoms with Gasteiger partial charge in [-0.3, -0.25) is 10.1 Å². The SMILES string of the molecule is CCOc1ccc(C(=O)NC(=S)Nc2ccc(S(=O)(=O)N(C)C)cc2)cc1.